The molecule has 0 aliphatic heterocycles. The molecule has 2 aromatic carbocycles. The van der Waals surface area contributed by atoms with Crippen LogP contribution in [0.25, 0.3) is 11.3 Å². The topological polar surface area (TPSA) is 77.4 Å². The van der Waals surface area contributed by atoms with E-state index in [1.54, 1.807) is 25.4 Å². The largest absolute Gasteiger partial charge is 0.508 e. The van der Waals surface area contributed by atoms with Crippen LogP contribution in [-0.4, -0.2) is 33.2 Å². The van der Waals surface area contributed by atoms with Gasteiger partial charge in [-0.1, -0.05) is 59.6 Å². The van der Waals surface area contributed by atoms with Gasteiger partial charge in [0.25, 0.3) is 0 Å². The van der Waals surface area contributed by atoms with E-state index in [4.69, 9.17) is 9.47 Å². The summed E-state index contributed by atoms with van der Waals surface area (Å²) in [6.45, 7) is 11.1. The predicted molar refractivity (Wildman–Crippen MR) is 151 cm³/mol. The molecule has 6 nitrogen and oxygen atoms in total. The molecule has 0 radical (unpaired) electrons. The zero-order valence-corrected chi connectivity index (χ0v) is 23.5. The van der Waals surface area contributed by atoms with E-state index in [2.05, 4.69) is 50.0 Å². The number of phenols is 1. The molecule has 3 rings (SSSR count). The standard InChI is InChI=1S/C21H36O2.C10H9N3O/c1-6-9-10-15-21(7-2,8-3)23-19-13-14-20(22)18(16-19)12-11-17(4)5;1-14-10-5-3-2-4-8(10)9-6-7-11-13-12-9/h13-14,16-17,22H,6-12,15H2,1-5H3;2-7H,1H3. The van der Waals surface area contributed by atoms with E-state index in [0.29, 0.717) is 11.7 Å². The molecule has 0 saturated heterocycles. The number of aromatic hydroxyl groups is 1. The average molecular weight is 508 g/mol. The first-order valence-electron chi connectivity index (χ1n) is 13.7. The number of rotatable bonds is 13. The van der Waals surface area contributed by atoms with Gasteiger partial charge in [0.1, 0.15) is 28.5 Å². The summed E-state index contributed by atoms with van der Waals surface area (Å²) in [6, 6.07) is 15.2. The molecule has 0 unspecified atom stereocenters. The number of ether oxygens (including phenoxy) is 2. The monoisotopic (exact) mass is 507 g/mol. The molecule has 37 heavy (non-hydrogen) atoms. The lowest BCUT2D eigenvalue weighted by molar-refractivity contribution is 0.0482. The van der Waals surface area contributed by atoms with E-state index < -0.39 is 0 Å². The first kappa shape index (κ1) is 30.1. The fourth-order valence-corrected chi connectivity index (χ4v) is 4.26. The van der Waals surface area contributed by atoms with Gasteiger partial charge in [0, 0.05) is 5.56 Å². The molecule has 202 valence electrons. The van der Waals surface area contributed by atoms with Gasteiger partial charge in [0.15, 0.2) is 0 Å². The second-order valence-electron chi connectivity index (χ2n) is 9.88. The lowest BCUT2D eigenvalue weighted by Crippen LogP contribution is -2.34. The molecule has 0 bridgehead atoms. The number of phenolic OH excluding ortho intramolecular Hbond substituents is 1. The number of para-hydroxylation sites is 1. The molecule has 1 N–H and O–H groups in total. The van der Waals surface area contributed by atoms with Gasteiger partial charge in [-0.3, -0.25) is 0 Å². The normalized spacial score (nSPS) is 11.1. The van der Waals surface area contributed by atoms with Crippen LogP contribution in [0.15, 0.2) is 54.7 Å². The van der Waals surface area contributed by atoms with E-state index in [1.807, 2.05) is 36.4 Å². The number of methoxy groups -OCH3 is 1. The summed E-state index contributed by atoms with van der Waals surface area (Å²) in [5.74, 6) is 2.72. The lowest BCUT2D eigenvalue weighted by atomic mass is 9.90. The van der Waals surface area contributed by atoms with Crippen LogP contribution in [0, 0.1) is 5.92 Å². The van der Waals surface area contributed by atoms with Crippen LogP contribution in [0.4, 0.5) is 0 Å². The lowest BCUT2D eigenvalue weighted by Gasteiger charge is -2.33. The number of aryl methyl sites for hydroxylation is 1. The molecule has 1 heterocycles. The van der Waals surface area contributed by atoms with Crippen molar-refractivity contribution in [2.24, 2.45) is 5.92 Å². The molecule has 0 saturated carbocycles. The molecule has 0 spiro atoms. The number of unbranched alkanes of at least 4 members (excludes halogenated alkanes) is 2. The third-order valence-corrected chi connectivity index (χ3v) is 6.79. The Kier molecular flexibility index (Phi) is 12.9. The summed E-state index contributed by atoms with van der Waals surface area (Å²) in [4.78, 5) is 0. The van der Waals surface area contributed by atoms with Gasteiger partial charge in [-0.05, 0) is 91.6 Å². The zero-order chi connectivity index (χ0) is 27.1. The van der Waals surface area contributed by atoms with Crippen molar-refractivity contribution in [3.8, 4) is 28.5 Å². The van der Waals surface area contributed by atoms with Crippen LogP contribution in [0.5, 0.6) is 17.2 Å². The number of nitrogens with zero attached hydrogens (tertiary/aromatic N) is 3. The Bertz CT molecular complexity index is 1040. The SMILES string of the molecule is CCCCCC(CC)(CC)Oc1ccc(O)c(CCC(C)C)c1.COc1ccccc1-c1ccnnn1. The van der Waals surface area contributed by atoms with Crippen molar-refractivity contribution in [1.29, 1.82) is 0 Å². The van der Waals surface area contributed by atoms with Gasteiger partial charge in [0.05, 0.1) is 13.3 Å². The summed E-state index contributed by atoms with van der Waals surface area (Å²) in [5.41, 5.74) is 2.62. The van der Waals surface area contributed by atoms with E-state index >= 15 is 0 Å². The first-order valence-corrected chi connectivity index (χ1v) is 13.7. The zero-order valence-electron chi connectivity index (χ0n) is 23.5. The number of benzene rings is 2. The van der Waals surface area contributed by atoms with Crippen molar-refractivity contribution in [2.45, 2.75) is 91.6 Å². The molecule has 1 aromatic heterocycles. The molecule has 0 atom stereocenters. The number of aromatic nitrogens is 3. The highest BCUT2D eigenvalue weighted by molar-refractivity contribution is 5.66. The molecule has 0 amide bonds. The molecule has 0 fully saturated rings. The Labute approximate surface area is 223 Å². The Hall–Kier alpha value is -3.15. The predicted octanol–water partition coefficient (Wildman–Crippen LogP) is 8.05. The average Bonchev–Trinajstić information content (AvgIpc) is 2.93. The fraction of sp³-hybridized carbons (Fsp3) is 0.516. The summed E-state index contributed by atoms with van der Waals surface area (Å²) >= 11 is 0. The Morgan fingerprint density at radius 1 is 0.973 bits per heavy atom. The molecule has 0 aliphatic carbocycles. The highest BCUT2D eigenvalue weighted by Crippen LogP contribution is 2.33. The van der Waals surface area contributed by atoms with E-state index in [0.717, 1.165) is 60.4 Å². The van der Waals surface area contributed by atoms with E-state index in [-0.39, 0.29) is 5.60 Å². The fourth-order valence-electron chi connectivity index (χ4n) is 4.26. The van der Waals surface area contributed by atoms with Gasteiger partial charge >= 0.3 is 0 Å². The smallest absolute Gasteiger partial charge is 0.128 e. The van der Waals surface area contributed by atoms with Gasteiger partial charge < -0.3 is 14.6 Å². The maximum absolute atomic E-state index is 10.1. The van der Waals surface area contributed by atoms with Crippen molar-refractivity contribution in [2.75, 3.05) is 7.11 Å². The van der Waals surface area contributed by atoms with Gasteiger partial charge in [-0.25, -0.2) is 0 Å². The second-order valence-corrected chi connectivity index (χ2v) is 9.88. The minimum absolute atomic E-state index is 0.0680. The van der Waals surface area contributed by atoms with Crippen molar-refractivity contribution in [3.63, 3.8) is 0 Å². The van der Waals surface area contributed by atoms with Gasteiger partial charge in [-0.15, -0.1) is 10.2 Å². The Balaban J connectivity index is 0.000000291. The maximum Gasteiger partial charge on any atom is 0.128 e. The summed E-state index contributed by atoms with van der Waals surface area (Å²) in [7, 11) is 1.63. The second kappa shape index (κ2) is 15.9. The van der Waals surface area contributed by atoms with Crippen LogP contribution in [-0.2, 0) is 6.42 Å². The van der Waals surface area contributed by atoms with Crippen LogP contribution in [0.1, 0.15) is 85.1 Å². The minimum atomic E-state index is -0.0680. The molecular weight excluding hydrogens is 462 g/mol. The summed E-state index contributed by atoms with van der Waals surface area (Å²) in [6.07, 6.45) is 10.5. The highest BCUT2D eigenvalue weighted by atomic mass is 16.5. The van der Waals surface area contributed by atoms with Crippen LogP contribution >= 0.6 is 0 Å². The quantitative estimate of drug-likeness (QED) is 0.236. The van der Waals surface area contributed by atoms with Gasteiger partial charge in [-0.2, -0.15) is 0 Å². The van der Waals surface area contributed by atoms with E-state index in [1.165, 1.54) is 19.3 Å². The number of hydrogen-bond acceptors (Lipinski definition) is 6. The Morgan fingerprint density at radius 3 is 2.35 bits per heavy atom. The van der Waals surface area contributed by atoms with Crippen LogP contribution in [0.2, 0.25) is 0 Å². The molecule has 6 heteroatoms. The van der Waals surface area contributed by atoms with Crippen molar-refractivity contribution in [3.05, 3.63) is 60.3 Å². The molecular formula is C31H45N3O3. The summed E-state index contributed by atoms with van der Waals surface area (Å²) < 4.78 is 11.6. The summed E-state index contributed by atoms with van der Waals surface area (Å²) in [5, 5.41) is 21.2. The third-order valence-electron chi connectivity index (χ3n) is 6.79. The Morgan fingerprint density at radius 2 is 1.73 bits per heavy atom. The van der Waals surface area contributed by atoms with Crippen molar-refractivity contribution in [1.82, 2.24) is 15.4 Å². The van der Waals surface area contributed by atoms with E-state index in [9.17, 15) is 5.11 Å². The third kappa shape index (κ3) is 9.67. The highest BCUT2D eigenvalue weighted by Gasteiger charge is 2.28. The maximum atomic E-state index is 10.1. The van der Waals surface area contributed by atoms with Gasteiger partial charge in [0.2, 0.25) is 0 Å². The molecule has 0 aliphatic rings. The first-order chi connectivity index (χ1) is 17.9. The minimum Gasteiger partial charge on any atom is -0.508 e. The molecule has 3 aromatic rings. The van der Waals surface area contributed by atoms with Crippen molar-refractivity contribution >= 4 is 0 Å². The van der Waals surface area contributed by atoms with Crippen molar-refractivity contribution < 1.29 is 14.6 Å². The number of hydrogen-bond donors (Lipinski definition) is 1. The van der Waals surface area contributed by atoms with Crippen LogP contribution in [0.3, 0.4) is 0 Å². The van der Waals surface area contributed by atoms with Crippen LogP contribution < -0.4 is 9.47 Å².